The molecular formula is C17H22N2O2. The second-order valence-electron chi connectivity index (χ2n) is 6.74. The van der Waals surface area contributed by atoms with Crippen LogP contribution in [0.1, 0.15) is 53.9 Å². The summed E-state index contributed by atoms with van der Waals surface area (Å²) < 4.78 is 5.39. The predicted molar refractivity (Wildman–Crippen MR) is 78.9 cm³/mol. The second-order valence-corrected chi connectivity index (χ2v) is 6.74. The van der Waals surface area contributed by atoms with Gasteiger partial charge < -0.3 is 9.84 Å². The number of hydrogen-bond donors (Lipinski definition) is 1. The van der Waals surface area contributed by atoms with Crippen molar-refractivity contribution in [3.63, 3.8) is 0 Å². The molecule has 1 saturated carbocycles. The maximum absolute atomic E-state index is 12.4. The van der Waals surface area contributed by atoms with E-state index >= 15 is 0 Å². The Hall–Kier alpha value is -1.58. The molecule has 3 atom stereocenters. The summed E-state index contributed by atoms with van der Waals surface area (Å²) in [5, 5.41) is 7.12. The highest BCUT2D eigenvalue weighted by Gasteiger charge is 2.35. The molecule has 1 heterocycles. The van der Waals surface area contributed by atoms with Crippen LogP contribution in [0.3, 0.4) is 0 Å². The zero-order valence-electron chi connectivity index (χ0n) is 12.3. The summed E-state index contributed by atoms with van der Waals surface area (Å²) in [4.78, 5) is 12.4. The van der Waals surface area contributed by atoms with E-state index in [1.54, 1.807) is 0 Å². The van der Waals surface area contributed by atoms with Gasteiger partial charge in [0, 0.05) is 18.5 Å². The Morgan fingerprint density at radius 3 is 2.95 bits per heavy atom. The first-order valence-electron chi connectivity index (χ1n) is 8.25. The Labute approximate surface area is 125 Å². The SMILES string of the molecule is O=C(NC[C@H]1C[C@@H]2C=C[C@H]1C2)c1noc2c1CCCCC2. The minimum absolute atomic E-state index is 0.0475. The second kappa shape index (κ2) is 5.32. The fourth-order valence-electron chi connectivity index (χ4n) is 4.18. The molecule has 1 fully saturated rings. The first-order chi connectivity index (χ1) is 10.3. The van der Waals surface area contributed by atoms with Crippen LogP contribution in [-0.2, 0) is 12.8 Å². The van der Waals surface area contributed by atoms with Gasteiger partial charge in [-0.05, 0) is 49.9 Å². The lowest BCUT2D eigenvalue weighted by Gasteiger charge is -2.18. The van der Waals surface area contributed by atoms with Gasteiger partial charge in [0.15, 0.2) is 5.69 Å². The largest absolute Gasteiger partial charge is 0.360 e. The molecule has 3 aliphatic rings. The smallest absolute Gasteiger partial charge is 0.273 e. The van der Waals surface area contributed by atoms with Gasteiger partial charge in [-0.2, -0.15) is 0 Å². The Balaban J connectivity index is 1.41. The van der Waals surface area contributed by atoms with E-state index in [9.17, 15) is 4.79 Å². The third-order valence-electron chi connectivity index (χ3n) is 5.36. The summed E-state index contributed by atoms with van der Waals surface area (Å²) in [7, 11) is 0. The van der Waals surface area contributed by atoms with Crippen molar-refractivity contribution < 1.29 is 9.32 Å². The summed E-state index contributed by atoms with van der Waals surface area (Å²) in [5.74, 6) is 2.91. The summed E-state index contributed by atoms with van der Waals surface area (Å²) in [5.41, 5.74) is 1.59. The van der Waals surface area contributed by atoms with Crippen molar-refractivity contribution in [2.24, 2.45) is 17.8 Å². The average molecular weight is 286 g/mol. The highest BCUT2D eigenvalue weighted by atomic mass is 16.5. The normalized spacial score (nSPS) is 30.2. The molecule has 0 aromatic carbocycles. The molecule has 0 spiro atoms. The van der Waals surface area contributed by atoms with Gasteiger partial charge in [0.1, 0.15) is 5.76 Å². The molecule has 0 saturated heterocycles. The van der Waals surface area contributed by atoms with E-state index in [4.69, 9.17) is 4.52 Å². The Morgan fingerprint density at radius 2 is 2.14 bits per heavy atom. The third-order valence-corrected chi connectivity index (χ3v) is 5.36. The molecule has 0 aliphatic heterocycles. The van der Waals surface area contributed by atoms with Crippen LogP contribution in [-0.4, -0.2) is 17.6 Å². The maximum Gasteiger partial charge on any atom is 0.273 e. The summed E-state index contributed by atoms with van der Waals surface area (Å²) in [6.45, 7) is 0.770. The third kappa shape index (κ3) is 2.41. The number of aryl methyl sites for hydroxylation is 1. The summed E-state index contributed by atoms with van der Waals surface area (Å²) in [6.07, 6.45) is 12.5. The molecular weight excluding hydrogens is 264 g/mol. The van der Waals surface area contributed by atoms with Gasteiger partial charge in [-0.25, -0.2) is 0 Å². The minimum atomic E-state index is -0.0475. The molecule has 2 bridgehead atoms. The average Bonchev–Trinajstić information content (AvgIpc) is 3.17. The molecule has 0 unspecified atom stereocenters. The fraction of sp³-hybridized carbons (Fsp3) is 0.647. The quantitative estimate of drug-likeness (QED) is 0.686. The first-order valence-corrected chi connectivity index (χ1v) is 8.25. The number of hydrogen-bond acceptors (Lipinski definition) is 3. The van der Waals surface area contributed by atoms with Crippen molar-refractivity contribution in [3.8, 4) is 0 Å². The van der Waals surface area contributed by atoms with Crippen molar-refractivity contribution in [2.45, 2.75) is 44.9 Å². The van der Waals surface area contributed by atoms with E-state index in [0.717, 1.165) is 49.5 Å². The van der Waals surface area contributed by atoms with Crippen molar-refractivity contribution >= 4 is 5.91 Å². The Bertz CT molecular complexity index is 575. The number of carbonyl (C=O) groups excluding carboxylic acids is 1. The molecule has 4 nitrogen and oxygen atoms in total. The molecule has 21 heavy (non-hydrogen) atoms. The van der Waals surface area contributed by atoms with Crippen molar-refractivity contribution in [1.82, 2.24) is 10.5 Å². The van der Waals surface area contributed by atoms with E-state index < -0.39 is 0 Å². The predicted octanol–water partition coefficient (Wildman–Crippen LogP) is 2.89. The number of nitrogens with one attached hydrogen (secondary N) is 1. The van der Waals surface area contributed by atoms with Crippen molar-refractivity contribution in [2.75, 3.05) is 6.54 Å². The Kier molecular flexibility index (Phi) is 3.32. The van der Waals surface area contributed by atoms with Gasteiger partial charge in [0.2, 0.25) is 0 Å². The van der Waals surface area contributed by atoms with Crippen LogP contribution in [0.2, 0.25) is 0 Å². The van der Waals surface area contributed by atoms with Gasteiger partial charge in [-0.3, -0.25) is 4.79 Å². The minimum Gasteiger partial charge on any atom is -0.360 e. The zero-order valence-corrected chi connectivity index (χ0v) is 12.3. The van der Waals surface area contributed by atoms with Crippen LogP contribution >= 0.6 is 0 Å². The number of fused-ring (bicyclic) bond motifs is 3. The van der Waals surface area contributed by atoms with Gasteiger partial charge in [0.25, 0.3) is 5.91 Å². The van der Waals surface area contributed by atoms with Crippen molar-refractivity contribution in [3.05, 3.63) is 29.2 Å². The monoisotopic (exact) mass is 286 g/mol. The molecule has 112 valence electrons. The van der Waals surface area contributed by atoms with E-state index in [-0.39, 0.29) is 5.91 Å². The summed E-state index contributed by atoms with van der Waals surface area (Å²) >= 11 is 0. The van der Waals surface area contributed by atoms with E-state index in [1.165, 1.54) is 19.3 Å². The zero-order chi connectivity index (χ0) is 14.2. The molecule has 1 aromatic heterocycles. The van der Waals surface area contributed by atoms with Crippen LogP contribution in [0.4, 0.5) is 0 Å². The lowest BCUT2D eigenvalue weighted by atomic mass is 9.93. The van der Waals surface area contributed by atoms with Gasteiger partial charge >= 0.3 is 0 Å². The van der Waals surface area contributed by atoms with E-state index in [2.05, 4.69) is 22.6 Å². The molecule has 4 heteroatoms. The van der Waals surface area contributed by atoms with Crippen LogP contribution in [0.15, 0.2) is 16.7 Å². The molecule has 1 amide bonds. The van der Waals surface area contributed by atoms with Gasteiger partial charge in [-0.15, -0.1) is 0 Å². The lowest BCUT2D eigenvalue weighted by molar-refractivity contribution is 0.0935. The fourth-order valence-corrected chi connectivity index (χ4v) is 4.18. The Morgan fingerprint density at radius 1 is 1.24 bits per heavy atom. The standard InChI is InChI=1S/C17H22N2O2/c20-17(18-10-13-9-11-6-7-12(13)8-11)16-14-4-2-1-3-5-15(14)21-19-16/h6-7,11-13H,1-5,8-10H2,(H,18,20)/t11-,12+,13-/m1/s1. The highest BCUT2D eigenvalue weighted by molar-refractivity contribution is 5.93. The number of carbonyl (C=O) groups is 1. The van der Waals surface area contributed by atoms with Crippen LogP contribution in [0.25, 0.3) is 0 Å². The van der Waals surface area contributed by atoms with Gasteiger partial charge in [0.05, 0.1) is 0 Å². The molecule has 1 aromatic rings. The number of nitrogens with zero attached hydrogens (tertiary/aromatic N) is 1. The first kappa shape index (κ1) is 13.1. The van der Waals surface area contributed by atoms with Crippen LogP contribution in [0.5, 0.6) is 0 Å². The number of aromatic nitrogens is 1. The lowest BCUT2D eigenvalue weighted by Crippen LogP contribution is -2.31. The molecule has 1 N–H and O–H groups in total. The number of allylic oxidation sites excluding steroid dienone is 2. The van der Waals surface area contributed by atoms with Crippen molar-refractivity contribution in [1.29, 1.82) is 0 Å². The highest BCUT2D eigenvalue weighted by Crippen LogP contribution is 2.42. The molecule has 0 radical (unpaired) electrons. The van der Waals surface area contributed by atoms with E-state index in [1.807, 2.05) is 0 Å². The molecule has 3 aliphatic carbocycles. The number of amides is 1. The topological polar surface area (TPSA) is 55.1 Å². The summed E-state index contributed by atoms with van der Waals surface area (Å²) in [6, 6.07) is 0. The molecule has 4 rings (SSSR count). The van der Waals surface area contributed by atoms with E-state index in [0.29, 0.717) is 17.5 Å². The van der Waals surface area contributed by atoms with Crippen LogP contribution in [0, 0.1) is 17.8 Å². The van der Waals surface area contributed by atoms with Gasteiger partial charge in [-0.1, -0.05) is 23.7 Å². The van der Waals surface area contributed by atoms with Crippen LogP contribution < -0.4 is 5.32 Å². The maximum atomic E-state index is 12.4. The number of rotatable bonds is 3.